The number of esters is 2. The first-order valence-electron chi connectivity index (χ1n) is 11.6. The number of aryl methyl sites for hydroxylation is 1. The maximum atomic E-state index is 13.3. The monoisotopic (exact) mass is 540 g/mol. The Hall–Kier alpha value is -4.74. The number of methoxy groups -OCH3 is 1. The Balaban J connectivity index is 1.66. The number of nitrogens with one attached hydrogen (secondary N) is 1. The van der Waals surface area contributed by atoms with Gasteiger partial charge in [0.1, 0.15) is 0 Å². The molecule has 0 saturated heterocycles. The zero-order chi connectivity index (χ0) is 28.5. The highest BCUT2D eigenvalue weighted by Crippen LogP contribution is 2.31. The Labute approximate surface area is 220 Å². The number of alkyl halides is 3. The van der Waals surface area contributed by atoms with Crippen LogP contribution in [0.25, 0.3) is 17.1 Å². The number of aromatic nitrogens is 4. The van der Waals surface area contributed by atoms with Crippen LogP contribution in [0.3, 0.4) is 0 Å². The number of nitrogens with zero attached hydrogens (tertiary/aromatic N) is 3. The van der Waals surface area contributed by atoms with E-state index in [1.807, 2.05) is 0 Å². The molecular weight excluding hydrogens is 517 g/mol. The number of carbonyl (C=O) groups is 3. The molecule has 202 valence electrons. The quantitative estimate of drug-likeness (QED) is 0.256. The molecule has 0 amide bonds. The van der Waals surface area contributed by atoms with Gasteiger partial charge in [0.25, 0.3) is 5.82 Å². The SMILES string of the molecule is COC(=O)c1c(C)[nH]c(C(=O)[C@H](C)OC(=O)c2nc(-c3ccccc3)n(-c3cccc(C(F)(F)F)c3)n2)c1C. The predicted octanol–water partition coefficient (Wildman–Crippen LogP) is 5.11. The lowest BCUT2D eigenvalue weighted by Gasteiger charge is -2.11. The Kier molecular flexibility index (Phi) is 7.39. The van der Waals surface area contributed by atoms with Crippen LogP contribution < -0.4 is 0 Å². The third-order valence-electron chi connectivity index (χ3n) is 5.97. The number of aromatic amines is 1. The number of hydrogen-bond acceptors (Lipinski definition) is 7. The van der Waals surface area contributed by atoms with Gasteiger partial charge in [-0.3, -0.25) is 4.79 Å². The molecule has 4 rings (SSSR count). The standard InChI is InChI=1S/C27H23F3N4O5/c1-14-20(25(36)38-4)15(2)31-21(14)22(35)16(3)39-26(37)23-32-24(17-9-6-5-7-10-17)34(33-23)19-12-8-11-18(13-19)27(28,29)30/h5-13,16,31H,1-4H3/t16-/m0/s1. The number of Topliss-reactive ketones (excluding diaryl/α,β-unsaturated/α-hetero) is 1. The first-order chi connectivity index (χ1) is 18.4. The molecule has 0 radical (unpaired) electrons. The van der Waals surface area contributed by atoms with Crippen molar-refractivity contribution < 1.29 is 37.0 Å². The molecule has 4 aromatic rings. The lowest BCUT2D eigenvalue weighted by atomic mass is 10.1. The molecule has 0 fully saturated rings. The summed E-state index contributed by atoms with van der Waals surface area (Å²) in [6, 6.07) is 12.9. The van der Waals surface area contributed by atoms with Crippen molar-refractivity contribution in [1.82, 2.24) is 19.7 Å². The molecule has 0 bridgehead atoms. The first kappa shape index (κ1) is 27.3. The van der Waals surface area contributed by atoms with Crippen LogP contribution in [0.4, 0.5) is 13.2 Å². The van der Waals surface area contributed by atoms with E-state index in [4.69, 9.17) is 9.47 Å². The predicted molar refractivity (Wildman–Crippen MR) is 133 cm³/mol. The number of carbonyl (C=O) groups excluding carboxylic acids is 3. The third kappa shape index (κ3) is 5.44. The summed E-state index contributed by atoms with van der Waals surface area (Å²) in [5.74, 6) is -2.66. The molecule has 1 N–H and O–H groups in total. The molecule has 2 aromatic carbocycles. The van der Waals surface area contributed by atoms with E-state index >= 15 is 0 Å². The van der Waals surface area contributed by atoms with Crippen LogP contribution in [0, 0.1) is 13.8 Å². The summed E-state index contributed by atoms with van der Waals surface area (Å²) in [5.41, 5.74) is 0.626. The number of halogens is 3. The van der Waals surface area contributed by atoms with Gasteiger partial charge in [0.2, 0.25) is 5.78 Å². The molecule has 39 heavy (non-hydrogen) atoms. The van der Waals surface area contributed by atoms with Gasteiger partial charge in [-0.05, 0) is 44.5 Å². The topological polar surface area (TPSA) is 116 Å². The van der Waals surface area contributed by atoms with E-state index in [0.29, 0.717) is 16.8 Å². The summed E-state index contributed by atoms with van der Waals surface area (Å²) in [4.78, 5) is 45.1. The molecule has 1 atom stereocenters. The van der Waals surface area contributed by atoms with E-state index in [9.17, 15) is 27.6 Å². The van der Waals surface area contributed by atoms with Gasteiger partial charge in [-0.15, -0.1) is 5.10 Å². The van der Waals surface area contributed by atoms with E-state index in [-0.39, 0.29) is 22.8 Å². The summed E-state index contributed by atoms with van der Waals surface area (Å²) in [6.07, 6.45) is -5.90. The van der Waals surface area contributed by atoms with E-state index in [2.05, 4.69) is 15.1 Å². The molecule has 0 aliphatic carbocycles. The second kappa shape index (κ2) is 10.6. The Morgan fingerprint density at radius 2 is 1.69 bits per heavy atom. The molecule has 0 aliphatic rings. The van der Waals surface area contributed by atoms with Crippen molar-refractivity contribution in [3.8, 4) is 17.1 Å². The van der Waals surface area contributed by atoms with Crippen LogP contribution in [0.5, 0.6) is 0 Å². The van der Waals surface area contributed by atoms with E-state index in [1.165, 1.54) is 26.2 Å². The molecule has 12 heteroatoms. The van der Waals surface area contributed by atoms with Gasteiger partial charge >= 0.3 is 18.1 Å². The molecule has 9 nitrogen and oxygen atoms in total. The molecule has 0 unspecified atom stereocenters. The zero-order valence-electron chi connectivity index (χ0n) is 21.3. The Morgan fingerprint density at radius 1 is 1.00 bits per heavy atom. The number of H-pyrrole nitrogens is 1. The van der Waals surface area contributed by atoms with Crippen molar-refractivity contribution in [2.45, 2.75) is 33.1 Å². The lowest BCUT2D eigenvalue weighted by molar-refractivity contribution is -0.137. The largest absolute Gasteiger partial charge is 0.465 e. The van der Waals surface area contributed by atoms with Gasteiger partial charge in [-0.25, -0.2) is 19.3 Å². The van der Waals surface area contributed by atoms with Crippen molar-refractivity contribution in [2.75, 3.05) is 7.11 Å². The summed E-state index contributed by atoms with van der Waals surface area (Å²) >= 11 is 0. The van der Waals surface area contributed by atoms with Crippen LogP contribution in [0.1, 0.15) is 55.2 Å². The van der Waals surface area contributed by atoms with E-state index in [0.717, 1.165) is 16.8 Å². The molecular formula is C27H23F3N4O5. The van der Waals surface area contributed by atoms with Crippen molar-refractivity contribution in [1.29, 1.82) is 0 Å². The minimum atomic E-state index is -4.59. The highest BCUT2D eigenvalue weighted by Gasteiger charge is 2.32. The fourth-order valence-corrected chi connectivity index (χ4v) is 4.04. The highest BCUT2D eigenvalue weighted by atomic mass is 19.4. The lowest BCUT2D eigenvalue weighted by Crippen LogP contribution is -2.26. The molecule has 2 aromatic heterocycles. The minimum Gasteiger partial charge on any atom is -0.465 e. The average Bonchev–Trinajstić information content (AvgIpc) is 3.49. The fraction of sp³-hybridized carbons (Fsp3) is 0.222. The Morgan fingerprint density at radius 3 is 2.33 bits per heavy atom. The number of rotatable bonds is 7. The summed E-state index contributed by atoms with van der Waals surface area (Å²) in [6.45, 7) is 4.50. The van der Waals surface area contributed by atoms with Crippen LogP contribution in [-0.2, 0) is 15.7 Å². The van der Waals surface area contributed by atoms with Crippen LogP contribution in [0.2, 0.25) is 0 Å². The van der Waals surface area contributed by atoms with Gasteiger partial charge in [0.15, 0.2) is 11.9 Å². The Bertz CT molecular complexity index is 1560. The third-order valence-corrected chi connectivity index (χ3v) is 5.97. The van der Waals surface area contributed by atoms with E-state index < -0.39 is 41.4 Å². The minimum absolute atomic E-state index is 0.0205. The van der Waals surface area contributed by atoms with Crippen molar-refractivity contribution in [2.24, 2.45) is 0 Å². The summed E-state index contributed by atoms with van der Waals surface area (Å²) in [7, 11) is 1.22. The van der Waals surface area contributed by atoms with Gasteiger partial charge in [-0.2, -0.15) is 13.2 Å². The average molecular weight is 540 g/mol. The number of ether oxygens (including phenoxy) is 2. The second-order valence-electron chi connectivity index (χ2n) is 8.61. The van der Waals surface area contributed by atoms with Crippen LogP contribution >= 0.6 is 0 Å². The normalized spacial score (nSPS) is 12.2. The molecule has 2 heterocycles. The van der Waals surface area contributed by atoms with Crippen LogP contribution in [0.15, 0.2) is 54.6 Å². The zero-order valence-corrected chi connectivity index (χ0v) is 21.3. The van der Waals surface area contributed by atoms with E-state index in [1.54, 1.807) is 44.2 Å². The number of hydrogen-bond donors (Lipinski definition) is 1. The van der Waals surface area contributed by atoms with Gasteiger partial charge in [-0.1, -0.05) is 36.4 Å². The fourth-order valence-electron chi connectivity index (χ4n) is 4.04. The van der Waals surface area contributed by atoms with Crippen LogP contribution in [-0.4, -0.2) is 50.7 Å². The molecule has 0 aliphatic heterocycles. The summed E-state index contributed by atoms with van der Waals surface area (Å²) < 4.78 is 51.2. The highest BCUT2D eigenvalue weighted by molar-refractivity contribution is 6.04. The van der Waals surface area contributed by atoms with Crippen molar-refractivity contribution >= 4 is 17.7 Å². The maximum absolute atomic E-state index is 13.3. The smallest absolute Gasteiger partial charge is 0.416 e. The first-order valence-corrected chi connectivity index (χ1v) is 11.6. The van der Waals surface area contributed by atoms with Gasteiger partial charge in [0.05, 0.1) is 29.6 Å². The molecule has 0 saturated carbocycles. The van der Waals surface area contributed by atoms with Gasteiger partial charge in [0, 0.05) is 11.3 Å². The van der Waals surface area contributed by atoms with Gasteiger partial charge < -0.3 is 14.5 Å². The second-order valence-corrected chi connectivity index (χ2v) is 8.61. The van der Waals surface area contributed by atoms with Crippen molar-refractivity contribution in [3.05, 3.63) is 88.5 Å². The molecule has 0 spiro atoms. The number of benzene rings is 2. The van der Waals surface area contributed by atoms with Crippen molar-refractivity contribution in [3.63, 3.8) is 0 Å². The summed E-state index contributed by atoms with van der Waals surface area (Å²) in [5, 5.41) is 4.12. The number of ketones is 1. The maximum Gasteiger partial charge on any atom is 0.416 e.